The molecule has 2 aromatic carbocycles. The molecule has 3 aromatic rings. The third kappa shape index (κ3) is 5.36. The summed E-state index contributed by atoms with van der Waals surface area (Å²) in [6.45, 7) is 5.12. The van der Waals surface area contributed by atoms with E-state index in [0.29, 0.717) is 26.2 Å². The van der Waals surface area contributed by atoms with Gasteiger partial charge in [-0.15, -0.1) is 0 Å². The predicted octanol–water partition coefficient (Wildman–Crippen LogP) is 3.40. The zero-order valence-corrected chi connectivity index (χ0v) is 21.4. The number of anilines is 3. The summed E-state index contributed by atoms with van der Waals surface area (Å²) in [5.41, 5.74) is 2.79. The molecule has 1 fully saturated rings. The number of aryl methyl sites for hydroxylation is 1. The number of fused-ring (bicyclic) bond motifs is 1. The molecule has 2 aliphatic rings. The quantitative estimate of drug-likeness (QED) is 0.524. The summed E-state index contributed by atoms with van der Waals surface area (Å²) in [7, 11) is -3.77. The smallest absolute Gasteiger partial charge is 0.263 e. The number of piperazine rings is 1. The third-order valence-electron chi connectivity index (χ3n) is 6.93. The van der Waals surface area contributed by atoms with Crippen LogP contribution < -0.4 is 14.5 Å². The Labute approximate surface area is 219 Å². The fourth-order valence-corrected chi connectivity index (χ4v) is 5.96. The summed E-state index contributed by atoms with van der Waals surface area (Å²) in [5, 5.41) is 0. The van der Waals surface area contributed by atoms with Crippen LogP contribution in [0.4, 0.5) is 21.6 Å². The molecule has 9 nitrogen and oxygen atoms in total. The molecule has 0 saturated carbocycles. The first-order valence-corrected chi connectivity index (χ1v) is 13.8. The molecule has 198 valence electrons. The highest BCUT2D eigenvalue weighted by atomic mass is 32.2. The first-order valence-electron chi connectivity index (χ1n) is 12.3. The van der Waals surface area contributed by atoms with Crippen LogP contribution in [0.2, 0.25) is 0 Å². The molecule has 0 bridgehead atoms. The highest BCUT2D eigenvalue weighted by Crippen LogP contribution is 2.30. The lowest BCUT2D eigenvalue weighted by atomic mass is 9.99. The lowest BCUT2D eigenvalue weighted by Gasteiger charge is -2.41. The lowest BCUT2D eigenvalue weighted by Crippen LogP contribution is -2.55. The van der Waals surface area contributed by atoms with Crippen molar-refractivity contribution >= 4 is 33.1 Å². The summed E-state index contributed by atoms with van der Waals surface area (Å²) in [4.78, 5) is 27.4. The van der Waals surface area contributed by atoms with Crippen LogP contribution in [0.25, 0.3) is 0 Å². The second-order valence-corrected chi connectivity index (χ2v) is 10.9. The molecule has 11 heteroatoms. The Balaban J connectivity index is 0.00000210. The number of nitrogens with zero attached hydrogens (tertiary/aromatic N) is 5. The molecule has 0 unspecified atom stereocenters. The Hall–Kier alpha value is -3.73. The zero-order chi connectivity index (χ0) is 26.0. The van der Waals surface area contributed by atoms with Gasteiger partial charge in [0, 0.05) is 59.3 Å². The molecule has 5 rings (SSSR count). The van der Waals surface area contributed by atoms with Crippen molar-refractivity contribution in [3.63, 3.8) is 0 Å². The van der Waals surface area contributed by atoms with Gasteiger partial charge >= 0.3 is 0 Å². The van der Waals surface area contributed by atoms with Crippen LogP contribution in [0, 0.1) is 5.82 Å². The first kappa shape index (κ1) is 24.9. The number of hydrogen-bond donors (Lipinski definition) is 1. The molecule has 0 spiro atoms. The number of carbonyl (C=O) groups excluding carboxylic acids is 1. The monoisotopic (exact) mass is 528 g/mol. The number of carbonyl (C=O) groups is 1. The van der Waals surface area contributed by atoms with Crippen LogP contribution in [0.1, 0.15) is 21.8 Å². The molecule has 2 aliphatic heterocycles. The molecule has 1 amide bonds. The molecular formula is C26H33FN6O3S. The van der Waals surface area contributed by atoms with Crippen LogP contribution >= 0.6 is 0 Å². The van der Waals surface area contributed by atoms with Crippen molar-refractivity contribution in [1.29, 1.82) is 0 Å². The first-order chi connectivity index (χ1) is 17.8. The Morgan fingerprint density at radius 3 is 2.51 bits per heavy atom. The van der Waals surface area contributed by atoms with E-state index in [9.17, 15) is 17.6 Å². The lowest BCUT2D eigenvalue weighted by molar-refractivity contribution is -0.132. The number of hydrogen-bond acceptors (Lipinski definition) is 7. The highest BCUT2D eigenvalue weighted by Gasteiger charge is 2.31. The van der Waals surface area contributed by atoms with Crippen LogP contribution in [0.5, 0.6) is 0 Å². The highest BCUT2D eigenvalue weighted by molar-refractivity contribution is 7.92. The molecule has 1 atom stereocenters. The van der Waals surface area contributed by atoms with E-state index in [1.54, 1.807) is 36.4 Å². The molecule has 0 aliphatic carbocycles. The summed E-state index contributed by atoms with van der Waals surface area (Å²) >= 11 is 0. The topological polar surface area (TPSA) is 98.7 Å². The Morgan fingerprint density at radius 1 is 1.05 bits per heavy atom. The summed E-state index contributed by atoms with van der Waals surface area (Å²) < 4.78 is 41.4. The van der Waals surface area contributed by atoms with Gasteiger partial charge in [0.05, 0.1) is 11.1 Å². The van der Waals surface area contributed by atoms with Crippen LogP contribution in [0.3, 0.4) is 0 Å². The zero-order valence-electron chi connectivity index (χ0n) is 20.5. The Bertz CT molecular complexity index is 1370. The largest absolute Gasteiger partial charge is 0.368 e. The minimum Gasteiger partial charge on any atom is -0.368 e. The van der Waals surface area contributed by atoms with Gasteiger partial charge in [0.15, 0.2) is 5.82 Å². The van der Waals surface area contributed by atoms with Gasteiger partial charge in [-0.05, 0) is 67.8 Å². The van der Waals surface area contributed by atoms with Gasteiger partial charge in [-0.1, -0.05) is 0 Å². The Morgan fingerprint density at radius 2 is 1.81 bits per heavy atom. The van der Waals surface area contributed by atoms with Crippen molar-refractivity contribution < 1.29 is 20.5 Å². The van der Waals surface area contributed by atoms with Crippen LogP contribution in [0.15, 0.2) is 66.0 Å². The summed E-state index contributed by atoms with van der Waals surface area (Å²) in [6, 6.07) is 11.1. The number of halogens is 1. The molecule has 1 N–H and O–H groups in total. The van der Waals surface area contributed by atoms with E-state index in [1.165, 1.54) is 24.7 Å². The van der Waals surface area contributed by atoms with E-state index in [-0.39, 0.29) is 31.3 Å². The van der Waals surface area contributed by atoms with E-state index in [0.717, 1.165) is 36.3 Å². The number of rotatable bonds is 6. The van der Waals surface area contributed by atoms with E-state index in [1.807, 2.05) is 11.8 Å². The second kappa shape index (κ2) is 10.3. The maximum absolute atomic E-state index is 13.7. The summed E-state index contributed by atoms with van der Waals surface area (Å²) in [6.07, 6.45) is 5.94. The fraction of sp³-hybridized carbons (Fsp3) is 0.346. The fourth-order valence-electron chi connectivity index (χ4n) is 4.96. The maximum atomic E-state index is 13.7. The van der Waals surface area contributed by atoms with Gasteiger partial charge in [-0.3, -0.25) is 14.5 Å². The Kier molecular flexibility index (Phi) is 6.96. The number of sulfonamides is 1. The van der Waals surface area contributed by atoms with Gasteiger partial charge in [0.1, 0.15) is 11.9 Å². The molecule has 0 radical (unpaired) electrons. The van der Waals surface area contributed by atoms with Crippen LogP contribution in [-0.2, 0) is 21.2 Å². The van der Waals surface area contributed by atoms with Crippen molar-refractivity contribution in [2.24, 2.45) is 0 Å². The predicted molar refractivity (Wildman–Crippen MR) is 144 cm³/mol. The van der Waals surface area contributed by atoms with Gasteiger partial charge in [0.25, 0.3) is 10.0 Å². The van der Waals surface area contributed by atoms with Gasteiger partial charge in [0.2, 0.25) is 5.91 Å². The van der Waals surface area contributed by atoms with Gasteiger partial charge in [-0.2, -0.15) is 0 Å². The molecular weight excluding hydrogens is 495 g/mol. The number of amides is 1. The summed E-state index contributed by atoms with van der Waals surface area (Å²) in [5.74, 6) is -0.0294. The van der Waals surface area contributed by atoms with Gasteiger partial charge in [-0.25, -0.2) is 17.8 Å². The normalized spacial score (nSPS) is 16.8. The standard InChI is InChI=1S/C26H29FN6O3S.2H2/c1-19(33-12-2-3-20-17-21(27)4-9-24(20)33)26(34)32-15-13-31(14-16-32)22-5-7-23(8-6-22)37(35,36)30-25-18-28-10-11-29-25;;/h4-11,17-19H,2-3,12-16H2,1H3,(H,29,30);2*1H/t19-;;/m1../s1. The van der Waals surface area contributed by atoms with Crippen LogP contribution in [-0.4, -0.2) is 68.0 Å². The molecule has 1 saturated heterocycles. The molecule has 3 heterocycles. The second-order valence-electron chi connectivity index (χ2n) is 9.25. The number of aromatic nitrogens is 2. The average molecular weight is 529 g/mol. The van der Waals surface area contributed by atoms with Crippen molar-refractivity contribution in [2.75, 3.05) is 47.2 Å². The third-order valence-corrected chi connectivity index (χ3v) is 8.30. The van der Waals surface area contributed by atoms with Crippen molar-refractivity contribution in [3.8, 4) is 0 Å². The SMILES string of the molecule is C[C@H](C(=O)N1CCN(c2ccc(S(=O)(=O)Nc3cnccn3)cc2)CC1)N1CCCc2cc(F)ccc21.[HH].[HH]. The van der Waals surface area contributed by atoms with E-state index in [2.05, 4.69) is 24.5 Å². The van der Waals surface area contributed by atoms with Gasteiger partial charge < -0.3 is 14.7 Å². The molecule has 37 heavy (non-hydrogen) atoms. The number of benzene rings is 2. The minimum absolute atomic E-state index is 0. The van der Waals surface area contributed by atoms with E-state index < -0.39 is 10.0 Å². The van der Waals surface area contributed by atoms with Crippen molar-refractivity contribution in [3.05, 3.63) is 72.4 Å². The minimum atomic E-state index is -3.77. The van der Waals surface area contributed by atoms with Crippen molar-refractivity contribution in [1.82, 2.24) is 14.9 Å². The van der Waals surface area contributed by atoms with E-state index >= 15 is 0 Å². The van der Waals surface area contributed by atoms with E-state index in [4.69, 9.17) is 0 Å². The maximum Gasteiger partial charge on any atom is 0.263 e. The molecule has 1 aromatic heterocycles. The average Bonchev–Trinajstić information content (AvgIpc) is 2.92. The van der Waals surface area contributed by atoms with Crippen molar-refractivity contribution in [2.45, 2.75) is 30.7 Å². The number of nitrogens with one attached hydrogen (secondary N) is 1.